The van der Waals surface area contributed by atoms with Crippen LogP contribution in [-0.2, 0) is 10.8 Å². The lowest BCUT2D eigenvalue weighted by atomic mass is 9.63. The number of nitrogens with one attached hydrogen (secondary N) is 1. The first-order valence-electron chi connectivity index (χ1n) is 9.34. The van der Waals surface area contributed by atoms with E-state index in [0.717, 1.165) is 0 Å². The Balaban J connectivity index is 1.90. The summed E-state index contributed by atoms with van der Waals surface area (Å²) >= 11 is 0. The molecule has 0 spiro atoms. The van der Waals surface area contributed by atoms with Gasteiger partial charge in [0, 0.05) is 21.8 Å². The summed E-state index contributed by atoms with van der Waals surface area (Å²) in [5.41, 5.74) is 6.07. The minimum absolute atomic E-state index is 0.249. The Morgan fingerprint density at radius 3 is 1.88 bits per heavy atom. The molecular weight excluding hydrogens is 302 g/mol. The molecule has 1 aromatic heterocycles. The number of aromatic nitrogens is 1. The van der Waals surface area contributed by atoms with Gasteiger partial charge in [0.2, 0.25) is 0 Å². The van der Waals surface area contributed by atoms with Gasteiger partial charge in [-0.25, -0.2) is 0 Å². The summed E-state index contributed by atoms with van der Waals surface area (Å²) < 4.78 is 0. The molecule has 0 saturated heterocycles. The summed E-state index contributed by atoms with van der Waals surface area (Å²) in [6.07, 6.45) is 2.51. The van der Waals surface area contributed by atoms with E-state index in [1.807, 2.05) is 0 Å². The van der Waals surface area contributed by atoms with Crippen LogP contribution in [0.3, 0.4) is 0 Å². The lowest BCUT2D eigenvalue weighted by Gasteiger charge is -2.41. The van der Waals surface area contributed by atoms with E-state index in [-0.39, 0.29) is 10.8 Å². The standard InChI is InChI=1S/C24H25N/c1-23(2)9-10-24(3,4)20-14-22-18(13-19(20)23)17-11-15-7-5-6-8-16(15)12-21(17)25-22/h5-8,11-14,25H,9-10H2,1-4H3. The van der Waals surface area contributed by atoms with Crippen molar-refractivity contribution >= 4 is 32.6 Å². The van der Waals surface area contributed by atoms with Crippen LogP contribution in [0.25, 0.3) is 32.6 Å². The predicted molar refractivity (Wildman–Crippen MR) is 109 cm³/mol. The van der Waals surface area contributed by atoms with Crippen LogP contribution in [-0.4, -0.2) is 4.98 Å². The molecule has 0 atom stereocenters. The topological polar surface area (TPSA) is 15.8 Å². The minimum Gasteiger partial charge on any atom is -0.354 e. The fourth-order valence-electron chi connectivity index (χ4n) is 4.65. The third kappa shape index (κ3) is 2.08. The highest BCUT2D eigenvalue weighted by Crippen LogP contribution is 2.47. The number of aromatic amines is 1. The summed E-state index contributed by atoms with van der Waals surface area (Å²) in [6.45, 7) is 9.59. The van der Waals surface area contributed by atoms with Crippen molar-refractivity contribution in [3.05, 3.63) is 59.7 Å². The van der Waals surface area contributed by atoms with Gasteiger partial charge in [-0.3, -0.25) is 0 Å². The normalized spacial score (nSPS) is 18.7. The minimum atomic E-state index is 0.249. The SMILES string of the molecule is CC1(C)CCC(C)(C)c2cc3c(cc21)[nH]c1cc2ccccc2cc13. The Hall–Kier alpha value is -2.28. The molecule has 1 aliphatic carbocycles. The molecule has 0 unspecified atom stereocenters. The average Bonchev–Trinajstić information content (AvgIpc) is 2.93. The van der Waals surface area contributed by atoms with Gasteiger partial charge >= 0.3 is 0 Å². The molecule has 4 aromatic rings. The number of H-pyrrole nitrogens is 1. The summed E-state index contributed by atoms with van der Waals surface area (Å²) in [4.78, 5) is 3.69. The van der Waals surface area contributed by atoms with Crippen LogP contribution in [0.1, 0.15) is 51.7 Å². The maximum Gasteiger partial charge on any atom is 0.0471 e. The van der Waals surface area contributed by atoms with Crippen molar-refractivity contribution in [2.24, 2.45) is 0 Å². The highest BCUT2D eigenvalue weighted by molar-refractivity contribution is 6.12. The second kappa shape index (κ2) is 4.66. The molecule has 1 aliphatic rings. The summed E-state index contributed by atoms with van der Waals surface area (Å²) in [5, 5.41) is 5.32. The lowest BCUT2D eigenvalue weighted by molar-refractivity contribution is 0.332. The van der Waals surface area contributed by atoms with E-state index in [9.17, 15) is 0 Å². The molecule has 1 N–H and O–H groups in total. The van der Waals surface area contributed by atoms with Crippen LogP contribution in [0.15, 0.2) is 48.5 Å². The Morgan fingerprint density at radius 1 is 0.680 bits per heavy atom. The third-order valence-electron chi connectivity index (χ3n) is 6.44. The third-order valence-corrected chi connectivity index (χ3v) is 6.44. The molecule has 0 aliphatic heterocycles. The molecular formula is C24H25N. The quantitative estimate of drug-likeness (QED) is 0.364. The Bertz CT molecular complexity index is 1140. The van der Waals surface area contributed by atoms with Crippen LogP contribution in [0.4, 0.5) is 0 Å². The van der Waals surface area contributed by atoms with Crippen molar-refractivity contribution in [1.82, 2.24) is 4.98 Å². The van der Waals surface area contributed by atoms with Gasteiger partial charge in [-0.15, -0.1) is 0 Å². The summed E-state index contributed by atoms with van der Waals surface area (Å²) in [5.74, 6) is 0. The van der Waals surface area contributed by atoms with Crippen molar-refractivity contribution in [3.63, 3.8) is 0 Å². The Morgan fingerprint density at radius 2 is 1.20 bits per heavy atom. The largest absolute Gasteiger partial charge is 0.354 e. The molecule has 1 heteroatoms. The first-order chi connectivity index (χ1) is 11.9. The second-order valence-electron chi connectivity index (χ2n) is 9.08. The van der Waals surface area contributed by atoms with E-state index < -0.39 is 0 Å². The predicted octanol–water partition coefficient (Wildman–Crippen LogP) is 6.82. The number of benzene rings is 3. The average molecular weight is 327 g/mol. The van der Waals surface area contributed by atoms with Gasteiger partial charge in [0.15, 0.2) is 0 Å². The van der Waals surface area contributed by atoms with Crippen molar-refractivity contribution in [2.45, 2.75) is 51.4 Å². The van der Waals surface area contributed by atoms with Crippen LogP contribution >= 0.6 is 0 Å². The van der Waals surface area contributed by atoms with E-state index in [1.165, 1.54) is 56.5 Å². The summed E-state index contributed by atoms with van der Waals surface area (Å²) in [7, 11) is 0. The molecule has 0 fully saturated rings. The molecule has 0 saturated carbocycles. The van der Waals surface area contributed by atoms with Crippen LogP contribution < -0.4 is 0 Å². The maximum atomic E-state index is 3.69. The van der Waals surface area contributed by atoms with Gasteiger partial charge < -0.3 is 4.98 Å². The van der Waals surface area contributed by atoms with Gasteiger partial charge in [-0.2, -0.15) is 0 Å². The zero-order valence-electron chi connectivity index (χ0n) is 15.5. The molecule has 0 bridgehead atoms. The van der Waals surface area contributed by atoms with E-state index in [2.05, 4.69) is 81.2 Å². The number of fused-ring (bicyclic) bond motifs is 5. The summed E-state index contributed by atoms with van der Waals surface area (Å²) in [6, 6.07) is 18.2. The van der Waals surface area contributed by atoms with Crippen LogP contribution in [0.5, 0.6) is 0 Å². The fraction of sp³-hybridized carbons (Fsp3) is 0.333. The van der Waals surface area contributed by atoms with Crippen molar-refractivity contribution in [2.75, 3.05) is 0 Å². The van der Waals surface area contributed by atoms with Crippen molar-refractivity contribution < 1.29 is 0 Å². The van der Waals surface area contributed by atoms with Gasteiger partial charge in [0.25, 0.3) is 0 Å². The molecule has 0 radical (unpaired) electrons. The second-order valence-corrected chi connectivity index (χ2v) is 9.08. The van der Waals surface area contributed by atoms with Crippen molar-refractivity contribution in [3.8, 4) is 0 Å². The van der Waals surface area contributed by atoms with E-state index in [1.54, 1.807) is 0 Å². The first kappa shape index (κ1) is 15.0. The lowest BCUT2D eigenvalue weighted by Crippen LogP contribution is -2.33. The number of hydrogen-bond donors (Lipinski definition) is 1. The molecule has 0 amide bonds. The fourth-order valence-corrected chi connectivity index (χ4v) is 4.65. The molecule has 5 rings (SSSR count). The molecule has 126 valence electrons. The first-order valence-corrected chi connectivity index (χ1v) is 9.34. The van der Waals surface area contributed by atoms with E-state index in [0.29, 0.717) is 0 Å². The van der Waals surface area contributed by atoms with Gasteiger partial charge in [0.05, 0.1) is 0 Å². The highest BCUT2D eigenvalue weighted by Gasteiger charge is 2.37. The number of hydrogen-bond acceptors (Lipinski definition) is 0. The zero-order chi connectivity index (χ0) is 17.4. The molecule has 1 heterocycles. The Kier molecular flexibility index (Phi) is 2.80. The van der Waals surface area contributed by atoms with Crippen LogP contribution in [0.2, 0.25) is 0 Å². The molecule has 3 aromatic carbocycles. The Labute approximate surface area is 149 Å². The van der Waals surface area contributed by atoms with Gasteiger partial charge in [-0.05, 0) is 69.8 Å². The number of rotatable bonds is 0. The van der Waals surface area contributed by atoms with Crippen LogP contribution in [0, 0.1) is 0 Å². The van der Waals surface area contributed by atoms with Crippen molar-refractivity contribution in [1.29, 1.82) is 0 Å². The molecule has 1 nitrogen and oxygen atoms in total. The van der Waals surface area contributed by atoms with Gasteiger partial charge in [-0.1, -0.05) is 52.0 Å². The van der Waals surface area contributed by atoms with E-state index >= 15 is 0 Å². The van der Waals surface area contributed by atoms with Gasteiger partial charge in [0.1, 0.15) is 0 Å². The zero-order valence-corrected chi connectivity index (χ0v) is 15.5. The molecule has 25 heavy (non-hydrogen) atoms. The maximum absolute atomic E-state index is 3.69. The smallest absolute Gasteiger partial charge is 0.0471 e. The van der Waals surface area contributed by atoms with E-state index in [4.69, 9.17) is 0 Å². The highest BCUT2D eigenvalue weighted by atomic mass is 14.7. The monoisotopic (exact) mass is 327 g/mol.